The van der Waals surface area contributed by atoms with Crippen LogP contribution in [0.4, 0.5) is 0 Å². The summed E-state index contributed by atoms with van der Waals surface area (Å²) >= 11 is 12.9. The van der Waals surface area contributed by atoms with Crippen LogP contribution in [0.3, 0.4) is 0 Å². The maximum absolute atomic E-state index is 5.68. The van der Waals surface area contributed by atoms with Gasteiger partial charge in [0, 0.05) is 11.8 Å². The van der Waals surface area contributed by atoms with Crippen LogP contribution in [0.1, 0.15) is 13.3 Å². The normalized spacial score (nSPS) is 10.2. The molecule has 1 aromatic heterocycles. The van der Waals surface area contributed by atoms with Crippen molar-refractivity contribution < 1.29 is 0 Å². The molecular formula is C7H8Cl2N2S. The minimum absolute atomic E-state index is 0.397. The molecule has 66 valence electrons. The molecule has 0 saturated carbocycles. The van der Waals surface area contributed by atoms with Crippen molar-refractivity contribution in [3.8, 4) is 0 Å². The number of thioether (sulfide) groups is 1. The summed E-state index contributed by atoms with van der Waals surface area (Å²) in [5.41, 5.74) is 0. The zero-order chi connectivity index (χ0) is 8.97. The first-order valence-electron chi connectivity index (χ1n) is 3.55. The van der Waals surface area contributed by atoms with Crippen LogP contribution in [-0.2, 0) is 0 Å². The van der Waals surface area contributed by atoms with Gasteiger partial charge in [0.15, 0.2) is 5.16 Å². The number of halogens is 2. The third kappa shape index (κ3) is 3.17. The van der Waals surface area contributed by atoms with Crippen LogP contribution in [0.25, 0.3) is 0 Å². The Hall–Kier alpha value is 0.01000. The lowest BCUT2D eigenvalue weighted by Gasteiger charge is -1.98. The monoisotopic (exact) mass is 222 g/mol. The molecule has 5 heteroatoms. The number of hydrogen-bond acceptors (Lipinski definition) is 3. The van der Waals surface area contributed by atoms with Crippen molar-refractivity contribution in [3.63, 3.8) is 0 Å². The highest BCUT2D eigenvalue weighted by molar-refractivity contribution is 7.99. The molecule has 2 nitrogen and oxygen atoms in total. The van der Waals surface area contributed by atoms with Crippen LogP contribution < -0.4 is 0 Å². The van der Waals surface area contributed by atoms with E-state index in [-0.39, 0.29) is 0 Å². The molecule has 0 bridgehead atoms. The molecule has 12 heavy (non-hydrogen) atoms. The van der Waals surface area contributed by atoms with Crippen LogP contribution in [0, 0.1) is 0 Å². The Bertz CT molecular complexity index is 247. The molecule has 0 spiro atoms. The molecular weight excluding hydrogens is 215 g/mol. The summed E-state index contributed by atoms with van der Waals surface area (Å²) < 4.78 is 0. The average Bonchev–Trinajstić information content (AvgIpc) is 1.99. The SMILES string of the molecule is CCCSc1nc(Cl)cc(Cl)n1. The molecule has 0 radical (unpaired) electrons. The summed E-state index contributed by atoms with van der Waals surface area (Å²) in [6.07, 6.45) is 1.08. The summed E-state index contributed by atoms with van der Waals surface area (Å²) in [6.45, 7) is 2.10. The Balaban J connectivity index is 2.72. The Morgan fingerprint density at radius 2 is 1.92 bits per heavy atom. The predicted molar refractivity (Wildman–Crippen MR) is 53.1 cm³/mol. The first-order valence-corrected chi connectivity index (χ1v) is 5.29. The van der Waals surface area contributed by atoms with E-state index in [1.54, 1.807) is 11.8 Å². The summed E-state index contributed by atoms with van der Waals surface area (Å²) in [7, 11) is 0. The van der Waals surface area contributed by atoms with Crippen molar-refractivity contribution >= 4 is 35.0 Å². The summed E-state index contributed by atoms with van der Waals surface area (Å²) in [5, 5.41) is 1.44. The van der Waals surface area contributed by atoms with E-state index in [4.69, 9.17) is 23.2 Å². The van der Waals surface area contributed by atoms with Gasteiger partial charge in [-0.3, -0.25) is 0 Å². The van der Waals surface area contributed by atoms with Gasteiger partial charge in [0.25, 0.3) is 0 Å². The molecule has 1 aromatic rings. The minimum atomic E-state index is 0.397. The summed E-state index contributed by atoms with van der Waals surface area (Å²) in [6, 6.07) is 1.53. The van der Waals surface area contributed by atoms with Crippen LogP contribution in [0.5, 0.6) is 0 Å². The molecule has 1 rings (SSSR count). The standard InChI is InChI=1S/C7H8Cl2N2S/c1-2-3-12-7-10-5(8)4-6(9)11-7/h4H,2-3H2,1H3. The smallest absolute Gasteiger partial charge is 0.190 e. The zero-order valence-corrected chi connectivity index (χ0v) is 8.88. The molecule has 0 unspecified atom stereocenters. The van der Waals surface area contributed by atoms with Crippen LogP contribution in [0.2, 0.25) is 10.3 Å². The van der Waals surface area contributed by atoms with E-state index in [1.165, 1.54) is 6.07 Å². The predicted octanol–water partition coefficient (Wildman–Crippen LogP) is 3.29. The lowest BCUT2D eigenvalue weighted by Crippen LogP contribution is -1.88. The van der Waals surface area contributed by atoms with Gasteiger partial charge in [0.2, 0.25) is 0 Å². The molecule has 0 saturated heterocycles. The highest BCUT2D eigenvalue weighted by Gasteiger charge is 2.00. The van der Waals surface area contributed by atoms with E-state index in [2.05, 4.69) is 16.9 Å². The third-order valence-corrected chi connectivity index (χ3v) is 2.52. The lowest BCUT2D eigenvalue weighted by atomic mass is 10.6. The second-order valence-corrected chi connectivity index (χ2v) is 3.98. The zero-order valence-electron chi connectivity index (χ0n) is 6.55. The Kier molecular flexibility index (Phi) is 4.12. The Morgan fingerprint density at radius 1 is 1.33 bits per heavy atom. The first-order chi connectivity index (χ1) is 5.72. The van der Waals surface area contributed by atoms with Crippen molar-refractivity contribution in [3.05, 3.63) is 16.4 Å². The van der Waals surface area contributed by atoms with Gasteiger partial charge in [-0.25, -0.2) is 9.97 Å². The molecule has 0 atom stereocenters. The molecule has 1 heterocycles. The fourth-order valence-corrected chi connectivity index (χ4v) is 1.86. The van der Waals surface area contributed by atoms with Gasteiger partial charge in [-0.05, 0) is 6.42 Å². The quantitative estimate of drug-likeness (QED) is 0.446. The van der Waals surface area contributed by atoms with Crippen molar-refractivity contribution in [2.45, 2.75) is 18.5 Å². The van der Waals surface area contributed by atoms with E-state index >= 15 is 0 Å². The van der Waals surface area contributed by atoms with Gasteiger partial charge in [-0.1, -0.05) is 41.9 Å². The molecule has 0 aliphatic carbocycles. The second-order valence-electron chi connectivity index (χ2n) is 2.14. The van der Waals surface area contributed by atoms with Crippen molar-refractivity contribution in [1.29, 1.82) is 0 Å². The lowest BCUT2D eigenvalue weighted by molar-refractivity contribution is 0.962. The van der Waals surface area contributed by atoms with Gasteiger partial charge in [-0.15, -0.1) is 0 Å². The van der Waals surface area contributed by atoms with Crippen molar-refractivity contribution in [2.75, 3.05) is 5.75 Å². The Morgan fingerprint density at radius 3 is 2.42 bits per heavy atom. The first kappa shape index (κ1) is 10.1. The summed E-state index contributed by atoms with van der Waals surface area (Å²) in [4.78, 5) is 8.01. The molecule has 0 aliphatic heterocycles. The number of hydrogen-bond donors (Lipinski definition) is 0. The van der Waals surface area contributed by atoms with Crippen LogP contribution in [-0.4, -0.2) is 15.7 Å². The second kappa shape index (κ2) is 4.90. The largest absolute Gasteiger partial charge is 0.211 e. The molecule has 0 aliphatic rings. The van der Waals surface area contributed by atoms with Crippen molar-refractivity contribution in [2.24, 2.45) is 0 Å². The van der Waals surface area contributed by atoms with E-state index in [0.29, 0.717) is 15.5 Å². The maximum Gasteiger partial charge on any atom is 0.190 e. The van der Waals surface area contributed by atoms with E-state index < -0.39 is 0 Å². The number of nitrogens with zero attached hydrogens (tertiary/aromatic N) is 2. The number of rotatable bonds is 3. The number of aromatic nitrogens is 2. The average molecular weight is 223 g/mol. The van der Waals surface area contributed by atoms with Gasteiger partial charge >= 0.3 is 0 Å². The topological polar surface area (TPSA) is 25.8 Å². The fraction of sp³-hybridized carbons (Fsp3) is 0.429. The van der Waals surface area contributed by atoms with E-state index in [9.17, 15) is 0 Å². The van der Waals surface area contributed by atoms with Crippen LogP contribution in [0.15, 0.2) is 11.2 Å². The highest BCUT2D eigenvalue weighted by Crippen LogP contribution is 2.19. The Labute approximate surface area is 85.7 Å². The highest BCUT2D eigenvalue weighted by atomic mass is 35.5. The van der Waals surface area contributed by atoms with Crippen molar-refractivity contribution in [1.82, 2.24) is 9.97 Å². The molecule has 0 fully saturated rings. The minimum Gasteiger partial charge on any atom is -0.211 e. The van der Waals surface area contributed by atoms with Crippen LogP contribution >= 0.6 is 35.0 Å². The van der Waals surface area contributed by atoms with Gasteiger partial charge in [0.1, 0.15) is 10.3 Å². The van der Waals surface area contributed by atoms with Gasteiger partial charge < -0.3 is 0 Å². The molecule has 0 N–H and O–H groups in total. The molecule has 0 aromatic carbocycles. The fourth-order valence-electron chi connectivity index (χ4n) is 0.628. The summed E-state index contributed by atoms with van der Waals surface area (Å²) in [5.74, 6) is 0.983. The van der Waals surface area contributed by atoms with E-state index in [0.717, 1.165) is 12.2 Å². The van der Waals surface area contributed by atoms with Gasteiger partial charge in [-0.2, -0.15) is 0 Å². The van der Waals surface area contributed by atoms with Gasteiger partial charge in [0.05, 0.1) is 0 Å². The van der Waals surface area contributed by atoms with E-state index in [1.807, 2.05) is 0 Å². The molecule has 0 amide bonds. The maximum atomic E-state index is 5.68. The third-order valence-electron chi connectivity index (χ3n) is 1.08.